The SMILES string of the molecule is C/C=C\CCn1c(C(=O)NCC(F)F)cnc1CCCC. The number of hydrogen-bond acceptors (Lipinski definition) is 2. The number of nitrogens with zero attached hydrogens (tertiary/aromatic N) is 2. The molecule has 0 aliphatic heterocycles. The molecule has 0 aliphatic carbocycles. The Bertz CT molecular complexity index is 469. The molecule has 0 bridgehead atoms. The zero-order chi connectivity index (χ0) is 15.7. The van der Waals surface area contributed by atoms with Crippen LogP contribution in [0, 0.1) is 0 Å². The normalized spacial score (nSPS) is 11.5. The number of allylic oxidation sites excluding steroid dienone is 2. The number of carbonyl (C=O) groups is 1. The molecule has 1 aromatic heterocycles. The summed E-state index contributed by atoms with van der Waals surface area (Å²) in [5.74, 6) is 0.342. The highest BCUT2D eigenvalue weighted by Gasteiger charge is 2.16. The summed E-state index contributed by atoms with van der Waals surface area (Å²) < 4.78 is 26.2. The van der Waals surface area contributed by atoms with Crippen molar-refractivity contribution in [3.8, 4) is 0 Å². The van der Waals surface area contributed by atoms with E-state index in [9.17, 15) is 13.6 Å². The highest BCUT2D eigenvalue weighted by molar-refractivity contribution is 5.92. The quantitative estimate of drug-likeness (QED) is 0.712. The van der Waals surface area contributed by atoms with Gasteiger partial charge in [0.15, 0.2) is 0 Å². The first kappa shape index (κ1) is 17.3. The van der Waals surface area contributed by atoms with E-state index >= 15 is 0 Å². The Labute approximate surface area is 124 Å². The molecule has 1 N–H and O–H groups in total. The van der Waals surface area contributed by atoms with E-state index in [0.29, 0.717) is 12.2 Å². The van der Waals surface area contributed by atoms with Gasteiger partial charge < -0.3 is 9.88 Å². The van der Waals surface area contributed by atoms with Gasteiger partial charge >= 0.3 is 0 Å². The van der Waals surface area contributed by atoms with Crippen LogP contribution in [0.3, 0.4) is 0 Å². The predicted octanol–water partition coefficient (Wildman–Crippen LogP) is 3.19. The molecule has 0 atom stereocenters. The molecule has 0 fully saturated rings. The fourth-order valence-corrected chi connectivity index (χ4v) is 2.01. The van der Waals surface area contributed by atoms with Gasteiger partial charge in [-0.2, -0.15) is 0 Å². The molecule has 118 valence electrons. The fourth-order valence-electron chi connectivity index (χ4n) is 2.01. The van der Waals surface area contributed by atoms with Crippen LogP contribution in [0.25, 0.3) is 0 Å². The molecular formula is C15H23F2N3O. The van der Waals surface area contributed by atoms with Crippen LogP contribution in [0.1, 0.15) is 49.4 Å². The van der Waals surface area contributed by atoms with Crippen LogP contribution in [0.15, 0.2) is 18.3 Å². The molecule has 1 heterocycles. The van der Waals surface area contributed by atoms with Crippen LogP contribution in [0.2, 0.25) is 0 Å². The lowest BCUT2D eigenvalue weighted by Gasteiger charge is -2.11. The van der Waals surface area contributed by atoms with Gasteiger partial charge in [-0.3, -0.25) is 4.79 Å². The number of imidazole rings is 1. The molecule has 1 amide bonds. The molecule has 0 spiro atoms. The molecule has 0 aromatic carbocycles. The van der Waals surface area contributed by atoms with E-state index in [1.165, 1.54) is 6.20 Å². The van der Waals surface area contributed by atoms with E-state index < -0.39 is 18.9 Å². The third kappa shape index (κ3) is 5.65. The number of halogens is 2. The maximum atomic E-state index is 12.2. The minimum Gasteiger partial charge on any atom is -0.345 e. The zero-order valence-electron chi connectivity index (χ0n) is 12.6. The van der Waals surface area contributed by atoms with E-state index in [1.54, 1.807) is 0 Å². The molecule has 6 heteroatoms. The number of unbranched alkanes of at least 4 members (excludes halogenated alkanes) is 1. The van der Waals surface area contributed by atoms with E-state index in [2.05, 4.69) is 17.2 Å². The van der Waals surface area contributed by atoms with E-state index in [0.717, 1.165) is 31.5 Å². The minimum absolute atomic E-state index is 0.353. The maximum Gasteiger partial charge on any atom is 0.269 e. The zero-order valence-corrected chi connectivity index (χ0v) is 12.6. The Morgan fingerprint density at radius 1 is 1.52 bits per heavy atom. The van der Waals surface area contributed by atoms with Crippen molar-refractivity contribution < 1.29 is 13.6 Å². The Hall–Kier alpha value is -1.72. The van der Waals surface area contributed by atoms with Crippen LogP contribution in [-0.4, -0.2) is 28.4 Å². The first-order chi connectivity index (χ1) is 10.1. The Morgan fingerprint density at radius 3 is 2.90 bits per heavy atom. The summed E-state index contributed by atoms with van der Waals surface area (Å²) >= 11 is 0. The van der Waals surface area contributed by atoms with Gasteiger partial charge in [-0.15, -0.1) is 0 Å². The van der Waals surface area contributed by atoms with Crippen molar-refractivity contribution in [1.82, 2.24) is 14.9 Å². The molecule has 0 saturated heterocycles. The van der Waals surface area contributed by atoms with Crippen LogP contribution < -0.4 is 5.32 Å². The number of nitrogens with one attached hydrogen (secondary N) is 1. The second-order valence-electron chi connectivity index (χ2n) is 4.77. The topological polar surface area (TPSA) is 46.9 Å². The lowest BCUT2D eigenvalue weighted by atomic mass is 10.2. The van der Waals surface area contributed by atoms with Crippen molar-refractivity contribution >= 4 is 5.91 Å². The van der Waals surface area contributed by atoms with Gasteiger partial charge in [0.2, 0.25) is 0 Å². The van der Waals surface area contributed by atoms with Gasteiger partial charge in [0, 0.05) is 13.0 Å². The molecule has 0 unspecified atom stereocenters. The second kappa shape index (κ2) is 9.26. The smallest absolute Gasteiger partial charge is 0.269 e. The van der Waals surface area contributed by atoms with Crippen molar-refractivity contribution in [2.75, 3.05) is 6.54 Å². The molecule has 1 rings (SSSR count). The van der Waals surface area contributed by atoms with E-state index in [1.807, 2.05) is 23.6 Å². The highest BCUT2D eigenvalue weighted by Crippen LogP contribution is 2.11. The highest BCUT2D eigenvalue weighted by atomic mass is 19.3. The Kier molecular flexibility index (Phi) is 7.64. The van der Waals surface area contributed by atoms with Crippen molar-refractivity contribution in [2.45, 2.75) is 52.5 Å². The second-order valence-corrected chi connectivity index (χ2v) is 4.77. The lowest BCUT2D eigenvalue weighted by Crippen LogP contribution is -2.30. The van der Waals surface area contributed by atoms with Crippen LogP contribution in [0.5, 0.6) is 0 Å². The fraction of sp³-hybridized carbons (Fsp3) is 0.600. The Morgan fingerprint density at radius 2 is 2.29 bits per heavy atom. The summed E-state index contributed by atoms with van der Waals surface area (Å²) in [4.78, 5) is 16.2. The summed E-state index contributed by atoms with van der Waals surface area (Å²) in [5, 5.41) is 2.23. The summed E-state index contributed by atoms with van der Waals surface area (Å²) in [6, 6.07) is 0. The van der Waals surface area contributed by atoms with Crippen molar-refractivity contribution in [3.63, 3.8) is 0 Å². The molecular weight excluding hydrogens is 276 g/mol. The summed E-state index contributed by atoms with van der Waals surface area (Å²) in [6.07, 6.45) is 6.46. The standard InChI is InChI=1S/C15H23F2N3O/c1-3-5-7-9-20-12(15(21)19-11-13(16)17)10-18-14(20)8-6-4-2/h3,5,10,13H,4,6-9,11H2,1-2H3,(H,19,21)/b5-3-. The largest absolute Gasteiger partial charge is 0.345 e. The van der Waals surface area contributed by atoms with E-state index in [-0.39, 0.29) is 0 Å². The maximum absolute atomic E-state index is 12.2. The Balaban J connectivity index is 2.84. The summed E-state index contributed by atoms with van der Waals surface area (Å²) in [6.45, 7) is 4.01. The number of hydrogen-bond donors (Lipinski definition) is 1. The van der Waals surface area contributed by atoms with Gasteiger partial charge in [-0.05, 0) is 19.8 Å². The monoisotopic (exact) mass is 299 g/mol. The average Bonchev–Trinajstić information content (AvgIpc) is 2.86. The van der Waals surface area contributed by atoms with Gasteiger partial charge in [0.05, 0.1) is 12.7 Å². The van der Waals surface area contributed by atoms with Crippen LogP contribution in [0.4, 0.5) is 8.78 Å². The first-order valence-corrected chi connectivity index (χ1v) is 7.32. The van der Waals surface area contributed by atoms with Crippen LogP contribution in [-0.2, 0) is 13.0 Å². The first-order valence-electron chi connectivity index (χ1n) is 7.32. The summed E-state index contributed by atoms with van der Waals surface area (Å²) in [5.41, 5.74) is 0.353. The number of aromatic nitrogens is 2. The number of rotatable bonds is 9. The number of alkyl halides is 2. The average molecular weight is 299 g/mol. The van der Waals surface area contributed by atoms with Crippen molar-refractivity contribution in [1.29, 1.82) is 0 Å². The minimum atomic E-state index is -2.55. The molecule has 4 nitrogen and oxygen atoms in total. The molecule has 0 saturated carbocycles. The summed E-state index contributed by atoms with van der Waals surface area (Å²) in [7, 11) is 0. The predicted molar refractivity (Wildman–Crippen MR) is 78.6 cm³/mol. The van der Waals surface area contributed by atoms with Gasteiger partial charge in [-0.1, -0.05) is 25.5 Å². The van der Waals surface area contributed by atoms with Gasteiger partial charge in [0.25, 0.3) is 12.3 Å². The molecule has 1 aromatic rings. The van der Waals surface area contributed by atoms with Crippen molar-refractivity contribution in [3.05, 3.63) is 29.9 Å². The van der Waals surface area contributed by atoms with E-state index in [4.69, 9.17) is 0 Å². The van der Waals surface area contributed by atoms with Crippen LogP contribution >= 0.6 is 0 Å². The van der Waals surface area contributed by atoms with Gasteiger partial charge in [0.1, 0.15) is 11.5 Å². The molecule has 0 aliphatic rings. The number of amides is 1. The molecule has 21 heavy (non-hydrogen) atoms. The third-order valence-corrected chi connectivity index (χ3v) is 3.10. The number of carbonyl (C=O) groups excluding carboxylic acids is 1. The molecule has 0 radical (unpaired) electrons. The van der Waals surface area contributed by atoms with Gasteiger partial charge in [-0.25, -0.2) is 13.8 Å². The lowest BCUT2D eigenvalue weighted by molar-refractivity contribution is 0.0882. The van der Waals surface area contributed by atoms with Crippen molar-refractivity contribution in [2.24, 2.45) is 0 Å². The number of aryl methyl sites for hydroxylation is 1. The third-order valence-electron chi connectivity index (χ3n) is 3.10.